The van der Waals surface area contributed by atoms with Crippen LogP contribution in [0.3, 0.4) is 0 Å². The van der Waals surface area contributed by atoms with Crippen molar-refractivity contribution in [3.8, 4) is 0 Å². The van der Waals surface area contributed by atoms with E-state index in [1.807, 2.05) is 0 Å². The van der Waals surface area contributed by atoms with E-state index < -0.39 is 11.5 Å². The summed E-state index contributed by atoms with van der Waals surface area (Å²) in [6, 6.07) is 4.56. The van der Waals surface area contributed by atoms with Gasteiger partial charge in [-0.2, -0.15) is 0 Å². The maximum absolute atomic E-state index is 11.8. The highest BCUT2D eigenvalue weighted by atomic mass is 35.5. The van der Waals surface area contributed by atoms with Gasteiger partial charge in [0.15, 0.2) is 7.05 Å². The van der Waals surface area contributed by atoms with Crippen molar-refractivity contribution in [2.45, 2.75) is 0 Å². The molecule has 18 heavy (non-hydrogen) atoms. The van der Waals surface area contributed by atoms with Gasteiger partial charge in [0, 0.05) is 15.7 Å². The molecule has 1 amide bonds. The van der Waals surface area contributed by atoms with Gasteiger partial charge in [0.05, 0.1) is 0 Å². The van der Waals surface area contributed by atoms with E-state index in [4.69, 9.17) is 23.2 Å². The Hall–Kier alpha value is -1.79. The lowest BCUT2D eigenvalue weighted by atomic mass is 10.3. The van der Waals surface area contributed by atoms with Crippen LogP contribution in [0.5, 0.6) is 0 Å². The molecule has 0 atom stereocenters. The molecule has 0 aliphatic carbocycles. The minimum atomic E-state index is -0.761. The number of anilines is 1. The Morgan fingerprint density at radius 2 is 1.94 bits per heavy atom. The SMILES string of the molecule is C[n+]1[nH]oc(=O)c1C(=O)Nc1cc(Cl)cc(Cl)c1. The van der Waals surface area contributed by atoms with Gasteiger partial charge < -0.3 is 5.32 Å². The summed E-state index contributed by atoms with van der Waals surface area (Å²) in [4.78, 5) is 23.1. The Bertz CT molecular complexity index is 642. The Morgan fingerprint density at radius 3 is 2.44 bits per heavy atom. The number of carbonyl (C=O) groups excluding carboxylic acids is 1. The van der Waals surface area contributed by atoms with Gasteiger partial charge in [-0.3, -0.25) is 9.32 Å². The fourth-order valence-electron chi connectivity index (χ4n) is 1.40. The van der Waals surface area contributed by atoms with Gasteiger partial charge in [0.25, 0.3) is 0 Å². The number of carbonyl (C=O) groups is 1. The van der Waals surface area contributed by atoms with Crippen molar-refractivity contribution >= 4 is 34.8 Å². The number of aryl methyl sites for hydroxylation is 1. The number of nitrogens with one attached hydrogen (secondary N) is 2. The monoisotopic (exact) mass is 288 g/mol. The normalized spacial score (nSPS) is 10.4. The quantitative estimate of drug-likeness (QED) is 0.819. The number of H-pyrrole nitrogens is 1. The number of hydrogen-bond acceptors (Lipinski definition) is 3. The highest BCUT2D eigenvalue weighted by molar-refractivity contribution is 6.35. The van der Waals surface area contributed by atoms with E-state index in [1.165, 1.54) is 29.9 Å². The third-order valence-electron chi connectivity index (χ3n) is 2.14. The molecule has 2 aromatic rings. The van der Waals surface area contributed by atoms with Crippen LogP contribution in [0.2, 0.25) is 10.0 Å². The molecule has 1 aromatic heterocycles. The molecule has 0 saturated heterocycles. The molecule has 94 valence electrons. The third kappa shape index (κ3) is 2.55. The maximum Gasteiger partial charge on any atom is 0.440 e. The van der Waals surface area contributed by atoms with Gasteiger partial charge in [0.1, 0.15) is 0 Å². The number of aromatic amines is 1. The zero-order valence-corrected chi connectivity index (χ0v) is 10.7. The first kappa shape index (κ1) is 12.7. The first-order valence-electron chi connectivity index (χ1n) is 4.82. The van der Waals surface area contributed by atoms with Crippen LogP contribution in [0.4, 0.5) is 5.69 Å². The summed E-state index contributed by atoms with van der Waals surface area (Å²) in [7, 11) is 1.48. The van der Waals surface area contributed by atoms with Crippen molar-refractivity contribution in [3.63, 3.8) is 0 Å². The van der Waals surface area contributed by atoms with Gasteiger partial charge in [-0.05, 0) is 23.5 Å². The standard InChI is InChI=1S/C10H7Cl2N3O3/c1-15-8(10(17)18-14-15)9(16)13-7-3-5(11)2-6(12)4-7/h2-4H,1H3,(H-,13,14,16,17)/p+1. The second-order valence-corrected chi connectivity index (χ2v) is 4.37. The zero-order valence-electron chi connectivity index (χ0n) is 9.16. The topological polar surface area (TPSA) is 79.0 Å². The molecule has 2 rings (SSSR count). The molecule has 1 heterocycles. The van der Waals surface area contributed by atoms with Crippen LogP contribution in [0.1, 0.15) is 10.5 Å². The van der Waals surface area contributed by atoms with E-state index in [9.17, 15) is 9.59 Å². The Morgan fingerprint density at radius 1 is 1.33 bits per heavy atom. The Balaban J connectivity index is 2.30. The number of hydrogen-bond donors (Lipinski definition) is 2. The lowest BCUT2D eigenvalue weighted by molar-refractivity contribution is -0.741. The van der Waals surface area contributed by atoms with E-state index in [-0.39, 0.29) is 5.69 Å². The number of halogens is 2. The maximum atomic E-state index is 11.8. The molecule has 0 unspecified atom stereocenters. The Labute approximate surface area is 111 Å². The zero-order chi connectivity index (χ0) is 13.3. The van der Waals surface area contributed by atoms with Gasteiger partial charge in [0.2, 0.25) is 0 Å². The second-order valence-electron chi connectivity index (χ2n) is 3.50. The molecule has 0 radical (unpaired) electrons. The smallest absolute Gasteiger partial charge is 0.316 e. The summed E-state index contributed by atoms with van der Waals surface area (Å²) >= 11 is 11.6. The highest BCUT2D eigenvalue weighted by Crippen LogP contribution is 2.22. The predicted octanol–water partition coefficient (Wildman–Crippen LogP) is 1.35. The van der Waals surface area contributed by atoms with Crippen molar-refractivity contribution in [2.75, 3.05) is 5.32 Å². The van der Waals surface area contributed by atoms with Gasteiger partial charge in [-0.15, -0.1) is 0 Å². The average Bonchev–Trinajstić information content (AvgIpc) is 2.56. The third-order valence-corrected chi connectivity index (χ3v) is 2.58. The number of benzene rings is 1. The van der Waals surface area contributed by atoms with Crippen LogP contribution < -0.4 is 15.6 Å². The van der Waals surface area contributed by atoms with Crippen LogP contribution >= 0.6 is 23.2 Å². The summed E-state index contributed by atoms with van der Waals surface area (Å²) in [5, 5.41) is 5.50. The minimum absolute atomic E-state index is 0.161. The predicted molar refractivity (Wildman–Crippen MR) is 64.9 cm³/mol. The van der Waals surface area contributed by atoms with Gasteiger partial charge >= 0.3 is 17.2 Å². The summed E-state index contributed by atoms with van der Waals surface area (Å²) in [6.07, 6.45) is 0. The van der Waals surface area contributed by atoms with Crippen LogP contribution in [0.15, 0.2) is 27.5 Å². The molecule has 0 saturated carbocycles. The number of rotatable bonds is 2. The largest absolute Gasteiger partial charge is 0.440 e. The summed E-state index contributed by atoms with van der Waals surface area (Å²) in [5.74, 6) is -0.620. The number of nitrogens with zero attached hydrogens (tertiary/aromatic N) is 1. The Kier molecular flexibility index (Phi) is 3.40. The fraction of sp³-hybridized carbons (Fsp3) is 0.100. The van der Waals surface area contributed by atoms with Crippen molar-refractivity contribution < 1.29 is 14.0 Å². The van der Waals surface area contributed by atoms with Crippen LogP contribution in [-0.4, -0.2) is 11.2 Å². The lowest BCUT2D eigenvalue weighted by Gasteiger charge is -2.02. The van der Waals surface area contributed by atoms with E-state index in [1.54, 1.807) is 0 Å². The average molecular weight is 289 g/mol. The number of amides is 1. The first-order valence-corrected chi connectivity index (χ1v) is 5.58. The lowest BCUT2D eigenvalue weighted by Crippen LogP contribution is -2.41. The molecule has 8 heteroatoms. The molecule has 0 aliphatic heterocycles. The fourth-order valence-corrected chi connectivity index (χ4v) is 1.93. The van der Waals surface area contributed by atoms with E-state index in [0.29, 0.717) is 15.7 Å². The van der Waals surface area contributed by atoms with Gasteiger partial charge in [-0.1, -0.05) is 27.9 Å². The summed E-state index contributed by atoms with van der Waals surface area (Å²) < 4.78 is 5.64. The molecule has 0 spiro atoms. The van der Waals surface area contributed by atoms with E-state index >= 15 is 0 Å². The molecule has 1 aromatic carbocycles. The first-order chi connectivity index (χ1) is 8.47. The van der Waals surface area contributed by atoms with E-state index in [0.717, 1.165) is 0 Å². The van der Waals surface area contributed by atoms with Crippen molar-refractivity contribution in [1.82, 2.24) is 5.27 Å². The number of aromatic nitrogens is 2. The summed E-state index contributed by atoms with van der Waals surface area (Å²) in [5.41, 5.74) is -0.535. The van der Waals surface area contributed by atoms with Gasteiger partial charge in [-0.25, -0.2) is 4.79 Å². The second kappa shape index (κ2) is 4.83. The summed E-state index contributed by atoms with van der Waals surface area (Å²) in [6.45, 7) is 0. The molecule has 0 bridgehead atoms. The van der Waals surface area contributed by atoms with Crippen molar-refractivity contribution in [3.05, 3.63) is 44.4 Å². The van der Waals surface area contributed by atoms with Crippen molar-refractivity contribution in [1.29, 1.82) is 0 Å². The minimum Gasteiger partial charge on any atom is -0.316 e. The molecule has 0 aliphatic rings. The van der Waals surface area contributed by atoms with Crippen LogP contribution in [0.25, 0.3) is 0 Å². The molecule has 0 fully saturated rings. The molecular weight excluding hydrogens is 281 g/mol. The van der Waals surface area contributed by atoms with Crippen LogP contribution in [0, 0.1) is 0 Å². The van der Waals surface area contributed by atoms with Crippen LogP contribution in [-0.2, 0) is 7.05 Å². The van der Waals surface area contributed by atoms with Crippen molar-refractivity contribution in [2.24, 2.45) is 7.05 Å². The molecular formula is C10H8Cl2N3O3+. The highest BCUT2D eigenvalue weighted by Gasteiger charge is 2.26. The van der Waals surface area contributed by atoms with E-state index in [2.05, 4.69) is 15.1 Å². The molecule has 6 nitrogen and oxygen atoms in total. The molecule has 2 N–H and O–H groups in total.